The van der Waals surface area contributed by atoms with Crippen LogP contribution in [0.5, 0.6) is 0 Å². The molecule has 0 radical (unpaired) electrons. The first-order chi connectivity index (χ1) is 8.78. The minimum absolute atomic E-state index is 0.0480. The molecule has 0 saturated heterocycles. The van der Waals surface area contributed by atoms with Gasteiger partial charge in [0.1, 0.15) is 11.9 Å². The van der Waals surface area contributed by atoms with Crippen LogP contribution in [0.3, 0.4) is 0 Å². The number of aromatic nitrogens is 2. The fourth-order valence-corrected chi connectivity index (χ4v) is 2.69. The van der Waals surface area contributed by atoms with Gasteiger partial charge in [-0.1, -0.05) is 25.7 Å². The van der Waals surface area contributed by atoms with Gasteiger partial charge in [0.25, 0.3) is 0 Å². The molecule has 4 nitrogen and oxygen atoms in total. The van der Waals surface area contributed by atoms with Crippen LogP contribution in [-0.4, -0.2) is 28.0 Å². The zero-order valence-electron chi connectivity index (χ0n) is 10.9. The monoisotopic (exact) mass is 248 g/mol. The summed E-state index contributed by atoms with van der Waals surface area (Å²) in [6, 6.07) is 0. The third-order valence-electron chi connectivity index (χ3n) is 3.57. The van der Waals surface area contributed by atoms with E-state index in [2.05, 4.69) is 9.97 Å². The number of ether oxygens (including phenoxy) is 1. The molecule has 1 aromatic heterocycles. The lowest BCUT2D eigenvalue weighted by Gasteiger charge is -2.30. The molecule has 0 aromatic carbocycles. The molecule has 0 aliphatic heterocycles. The van der Waals surface area contributed by atoms with Gasteiger partial charge in [-0.25, -0.2) is 9.97 Å². The van der Waals surface area contributed by atoms with E-state index in [0.717, 1.165) is 25.7 Å². The van der Waals surface area contributed by atoms with Gasteiger partial charge >= 0.3 is 0 Å². The van der Waals surface area contributed by atoms with Crippen LogP contribution in [0.15, 0.2) is 18.7 Å². The van der Waals surface area contributed by atoms with Gasteiger partial charge < -0.3 is 4.74 Å². The maximum absolute atomic E-state index is 12.7. The first-order valence-corrected chi connectivity index (χ1v) is 6.72. The highest BCUT2D eigenvalue weighted by Gasteiger charge is 2.39. The summed E-state index contributed by atoms with van der Waals surface area (Å²) in [4.78, 5) is 20.5. The van der Waals surface area contributed by atoms with Gasteiger partial charge in [0, 0.05) is 19.0 Å². The fourth-order valence-electron chi connectivity index (χ4n) is 2.69. The smallest absolute Gasteiger partial charge is 0.197 e. The summed E-state index contributed by atoms with van der Waals surface area (Å²) < 4.78 is 5.86. The molecule has 1 aromatic rings. The highest BCUT2D eigenvalue weighted by molar-refractivity contribution is 6.02. The number of ketones is 1. The van der Waals surface area contributed by atoms with Gasteiger partial charge in [-0.3, -0.25) is 4.79 Å². The lowest BCUT2D eigenvalue weighted by atomic mass is 9.86. The van der Waals surface area contributed by atoms with Gasteiger partial charge in [0.15, 0.2) is 5.78 Å². The normalized spacial score (nSPS) is 19.2. The average molecular weight is 248 g/mol. The van der Waals surface area contributed by atoms with Crippen LogP contribution in [0.25, 0.3) is 0 Å². The van der Waals surface area contributed by atoms with Gasteiger partial charge in [0.05, 0.1) is 5.56 Å². The first-order valence-electron chi connectivity index (χ1n) is 6.72. The second kappa shape index (κ2) is 6.05. The summed E-state index contributed by atoms with van der Waals surface area (Å²) in [5, 5.41) is 0. The lowest BCUT2D eigenvalue weighted by Crippen LogP contribution is -2.41. The van der Waals surface area contributed by atoms with Crippen molar-refractivity contribution in [1.29, 1.82) is 0 Å². The van der Waals surface area contributed by atoms with E-state index in [0.29, 0.717) is 12.2 Å². The predicted molar refractivity (Wildman–Crippen MR) is 68.4 cm³/mol. The molecular formula is C14H20N2O2. The Morgan fingerprint density at radius 3 is 2.39 bits per heavy atom. The Kier molecular flexibility index (Phi) is 4.42. The SMILES string of the molecule is CCOC1(C(=O)c2cncnc2)CCCCCC1. The van der Waals surface area contributed by atoms with Crippen LogP contribution in [0.2, 0.25) is 0 Å². The lowest BCUT2D eigenvalue weighted by molar-refractivity contribution is -0.0293. The van der Waals surface area contributed by atoms with E-state index in [4.69, 9.17) is 4.74 Å². The van der Waals surface area contributed by atoms with Gasteiger partial charge in [-0.05, 0) is 19.8 Å². The molecular weight excluding hydrogens is 228 g/mol. The van der Waals surface area contributed by atoms with E-state index < -0.39 is 5.60 Å². The number of carbonyl (C=O) groups is 1. The molecule has 1 aliphatic rings. The molecule has 0 unspecified atom stereocenters. The average Bonchev–Trinajstić information content (AvgIpc) is 2.66. The molecule has 0 amide bonds. The summed E-state index contributed by atoms with van der Waals surface area (Å²) in [7, 11) is 0. The maximum Gasteiger partial charge on any atom is 0.197 e. The minimum Gasteiger partial charge on any atom is -0.367 e. The molecule has 1 saturated carbocycles. The van der Waals surface area contributed by atoms with Crippen LogP contribution in [-0.2, 0) is 4.74 Å². The van der Waals surface area contributed by atoms with E-state index in [1.165, 1.54) is 19.2 Å². The van der Waals surface area contributed by atoms with E-state index in [9.17, 15) is 4.79 Å². The minimum atomic E-state index is -0.643. The number of Topliss-reactive ketones (excluding diaryl/α,β-unsaturated/α-hetero) is 1. The van der Waals surface area contributed by atoms with Crippen molar-refractivity contribution in [1.82, 2.24) is 9.97 Å². The molecule has 0 bridgehead atoms. The molecule has 1 aliphatic carbocycles. The highest BCUT2D eigenvalue weighted by Crippen LogP contribution is 2.33. The molecule has 98 valence electrons. The standard InChI is InChI=1S/C14H20N2O2/c1-2-18-14(7-5-3-4-6-8-14)13(17)12-9-15-11-16-10-12/h9-11H,2-8H2,1H3. The summed E-state index contributed by atoms with van der Waals surface area (Å²) in [6.07, 6.45) is 10.7. The number of nitrogens with zero attached hydrogens (tertiary/aromatic N) is 2. The molecule has 0 atom stereocenters. The Hall–Kier alpha value is -1.29. The van der Waals surface area contributed by atoms with Crippen molar-refractivity contribution in [3.05, 3.63) is 24.3 Å². The van der Waals surface area contributed by atoms with E-state index >= 15 is 0 Å². The van der Waals surface area contributed by atoms with Crippen molar-refractivity contribution < 1.29 is 9.53 Å². The van der Waals surface area contributed by atoms with Crippen LogP contribution in [0.1, 0.15) is 55.8 Å². The number of rotatable bonds is 4. The fraction of sp³-hybridized carbons (Fsp3) is 0.643. The van der Waals surface area contributed by atoms with Crippen molar-refractivity contribution >= 4 is 5.78 Å². The van der Waals surface area contributed by atoms with Gasteiger partial charge in [-0.15, -0.1) is 0 Å². The van der Waals surface area contributed by atoms with E-state index in [-0.39, 0.29) is 5.78 Å². The third-order valence-corrected chi connectivity index (χ3v) is 3.57. The van der Waals surface area contributed by atoms with Crippen LogP contribution < -0.4 is 0 Å². The van der Waals surface area contributed by atoms with Crippen LogP contribution in [0, 0.1) is 0 Å². The van der Waals surface area contributed by atoms with Gasteiger partial charge in [-0.2, -0.15) is 0 Å². The number of carbonyl (C=O) groups excluding carboxylic acids is 1. The second-order valence-corrected chi connectivity index (χ2v) is 4.80. The Morgan fingerprint density at radius 1 is 1.22 bits per heavy atom. The molecule has 4 heteroatoms. The van der Waals surface area contributed by atoms with Crippen molar-refractivity contribution in [3.8, 4) is 0 Å². The Bertz CT molecular complexity index is 384. The zero-order chi connectivity index (χ0) is 12.8. The Balaban J connectivity index is 2.25. The van der Waals surface area contributed by atoms with E-state index in [1.54, 1.807) is 12.4 Å². The molecule has 1 heterocycles. The van der Waals surface area contributed by atoms with Gasteiger partial charge in [0.2, 0.25) is 0 Å². The quantitative estimate of drug-likeness (QED) is 0.607. The Morgan fingerprint density at radius 2 is 1.83 bits per heavy atom. The largest absolute Gasteiger partial charge is 0.367 e. The predicted octanol–water partition coefficient (Wildman–Crippen LogP) is 2.79. The first kappa shape index (κ1) is 13.1. The maximum atomic E-state index is 12.7. The zero-order valence-corrected chi connectivity index (χ0v) is 10.9. The Labute approximate surface area is 108 Å². The molecule has 2 rings (SSSR count). The van der Waals surface area contributed by atoms with Crippen LogP contribution in [0.4, 0.5) is 0 Å². The molecule has 0 N–H and O–H groups in total. The topological polar surface area (TPSA) is 52.1 Å². The number of hydrogen-bond donors (Lipinski definition) is 0. The second-order valence-electron chi connectivity index (χ2n) is 4.80. The van der Waals surface area contributed by atoms with Crippen LogP contribution >= 0.6 is 0 Å². The molecule has 0 spiro atoms. The highest BCUT2D eigenvalue weighted by atomic mass is 16.5. The van der Waals surface area contributed by atoms with Crippen molar-refractivity contribution in [2.24, 2.45) is 0 Å². The van der Waals surface area contributed by atoms with Crippen molar-refractivity contribution in [2.45, 2.75) is 51.0 Å². The third kappa shape index (κ3) is 2.75. The summed E-state index contributed by atoms with van der Waals surface area (Å²) in [5.41, 5.74) is -0.0801. The summed E-state index contributed by atoms with van der Waals surface area (Å²) >= 11 is 0. The van der Waals surface area contributed by atoms with E-state index in [1.807, 2.05) is 6.92 Å². The summed E-state index contributed by atoms with van der Waals surface area (Å²) in [6.45, 7) is 2.51. The number of hydrogen-bond acceptors (Lipinski definition) is 4. The molecule has 1 fully saturated rings. The summed E-state index contributed by atoms with van der Waals surface area (Å²) in [5.74, 6) is 0.0480. The molecule has 18 heavy (non-hydrogen) atoms. The van der Waals surface area contributed by atoms with Crippen molar-refractivity contribution in [3.63, 3.8) is 0 Å². The van der Waals surface area contributed by atoms with Crippen molar-refractivity contribution in [2.75, 3.05) is 6.61 Å².